The molecule has 3 rings (SSSR count). The van der Waals surface area contributed by atoms with Crippen LogP contribution in [0.1, 0.15) is 31.6 Å². The van der Waals surface area contributed by atoms with Crippen LogP contribution in [0, 0.1) is 0 Å². The van der Waals surface area contributed by atoms with Crippen LogP contribution in [0.4, 0.5) is 5.82 Å². The standard InChI is InChI=1S/C15H21N5O/c1-3-13-17-15(21-18-13)12(2)19-8-10-20(11-9-19)14-6-4-5-7-16-14/h4-7,12H,3,8-11H2,1-2H3. The van der Waals surface area contributed by atoms with Gasteiger partial charge in [0.15, 0.2) is 5.82 Å². The number of aromatic nitrogens is 3. The van der Waals surface area contributed by atoms with Crippen LogP contribution in [0.15, 0.2) is 28.9 Å². The fourth-order valence-electron chi connectivity index (χ4n) is 2.62. The molecule has 0 bridgehead atoms. The van der Waals surface area contributed by atoms with E-state index in [1.54, 1.807) is 0 Å². The van der Waals surface area contributed by atoms with Crippen molar-refractivity contribution in [2.45, 2.75) is 26.3 Å². The summed E-state index contributed by atoms with van der Waals surface area (Å²) in [7, 11) is 0. The molecule has 0 radical (unpaired) electrons. The number of anilines is 1. The lowest BCUT2D eigenvalue weighted by molar-refractivity contribution is 0.164. The van der Waals surface area contributed by atoms with E-state index in [-0.39, 0.29) is 6.04 Å². The molecule has 1 aliphatic rings. The maximum absolute atomic E-state index is 5.35. The molecule has 2 aromatic heterocycles. The Morgan fingerprint density at radius 2 is 2.05 bits per heavy atom. The van der Waals surface area contributed by atoms with Crippen molar-refractivity contribution >= 4 is 5.82 Å². The first-order chi connectivity index (χ1) is 10.3. The van der Waals surface area contributed by atoms with E-state index in [4.69, 9.17) is 4.52 Å². The van der Waals surface area contributed by atoms with Gasteiger partial charge in [0.05, 0.1) is 6.04 Å². The number of nitrogens with zero attached hydrogens (tertiary/aromatic N) is 5. The van der Waals surface area contributed by atoms with Gasteiger partial charge < -0.3 is 9.42 Å². The Morgan fingerprint density at radius 3 is 2.67 bits per heavy atom. The summed E-state index contributed by atoms with van der Waals surface area (Å²) in [5.74, 6) is 2.55. The minimum atomic E-state index is 0.170. The summed E-state index contributed by atoms with van der Waals surface area (Å²) in [4.78, 5) is 13.5. The minimum absolute atomic E-state index is 0.170. The Balaban J connectivity index is 1.60. The van der Waals surface area contributed by atoms with Gasteiger partial charge in [-0.1, -0.05) is 18.1 Å². The van der Waals surface area contributed by atoms with Crippen LogP contribution in [0.2, 0.25) is 0 Å². The van der Waals surface area contributed by atoms with Crippen molar-refractivity contribution in [1.82, 2.24) is 20.0 Å². The highest BCUT2D eigenvalue weighted by atomic mass is 16.5. The Labute approximate surface area is 124 Å². The lowest BCUT2D eigenvalue weighted by atomic mass is 10.2. The number of aryl methyl sites for hydroxylation is 1. The number of piperazine rings is 1. The molecule has 6 heteroatoms. The van der Waals surface area contributed by atoms with Crippen LogP contribution in [0.3, 0.4) is 0 Å². The molecule has 0 spiro atoms. The van der Waals surface area contributed by atoms with Gasteiger partial charge in [0, 0.05) is 38.8 Å². The smallest absolute Gasteiger partial charge is 0.243 e. The van der Waals surface area contributed by atoms with Gasteiger partial charge >= 0.3 is 0 Å². The second-order valence-corrected chi connectivity index (χ2v) is 5.29. The predicted octanol–water partition coefficient (Wildman–Crippen LogP) is 1.91. The highest BCUT2D eigenvalue weighted by Crippen LogP contribution is 2.21. The lowest BCUT2D eigenvalue weighted by Crippen LogP contribution is -2.47. The van der Waals surface area contributed by atoms with E-state index in [2.05, 4.69) is 37.9 Å². The quantitative estimate of drug-likeness (QED) is 0.856. The second-order valence-electron chi connectivity index (χ2n) is 5.29. The highest BCUT2D eigenvalue weighted by Gasteiger charge is 2.25. The molecule has 3 heterocycles. The Hall–Kier alpha value is -1.95. The van der Waals surface area contributed by atoms with E-state index in [1.165, 1.54) is 0 Å². The monoisotopic (exact) mass is 287 g/mol. The van der Waals surface area contributed by atoms with E-state index in [1.807, 2.05) is 25.3 Å². The first-order valence-electron chi connectivity index (χ1n) is 7.50. The van der Waals surface area contributed by atoms with Crippen LogP contribution >= 0.6 is 0 Å². The Bertz CT molecular complexity index is 562. The van der Waals surface area contributed by atoms with Crippen LogP contribution in [-0.2, 0) is 6.42 Å². The largest absolute Gasteiger partial charge is 0.354 e. The lowest BCUT2D eigenvalue weighted by Gasteiger charge is -2.37. The normalized spacial score (nSPS) is 17.9. The maximum Gasteiger partial charge on any atom is 0.243 e. The fraction of sp³-hybridized carbons (Fsp3) is 0.533. The SMILES string of the molecule is CCc1noc(C(C)N2CCN(c3ccccn3)CC2)n1. The van der Waals surface area contributed by atoms with E-state index in [0.29, 0.717) is 0 Å². The van der Waals surface area contributed by atoms with Crippen molar-refractivity contribution in [3.05, 3.63) is 36.1 Å². The van der Waals surface area contributed by atoms with Crippen molar-refractivity contribution in [3.63, 3.8) is 0 Å². The molecule has 1 unspecified atom stereocenters. The van der Waals surface area contributed by atoms with E-state index >= 15 is 0 Å². The second kappa shape index (κ2) is 6.22. The zero-order chi connectivity index (χ0) is 14.7. The van der Waals surface area contributed by atoms with Crippen molar-refractivity contribution in [2.24, 2.45) is 0 Å². The molecule has 1 fully saturated rings. The van der Waals surface area contributed by atoms with Gasteiger partial charge in [0.2, 0.25) is 5.89 Å². The van der Waals surface area contributed by atoms with Crippen LogP contribution in [-0.4, -0.2) is 46.2 Å². The third-order valence-corrected chi connectivity index (χ3v) is 3.99. The summed E-state index contributed by atoms with van der Waals surface area (Å²) in [6.45, 7) is 8.05. The van der Waals surface area contributed by atoms with Gasteiger partial charge in [0.25, 0.3) is 0 Å². The van der Waals surface area contributed by atoms with Crippen molar-refractivity contribution in [2.75, 3.05) is 31.1 Å². The van der Waals surface area contributed by atoms with Gasteiger partial charge in [-0.05, 0) is 19.1 Å². The first kappa shape index (κ1) is 14.0. The molecular weight excluding hydrogens is 266 g/mol. The number of hydrogen-bond donors (Lipinski definition) is 0. The molecule has 0 aromatic carbocycles. The summed E-state index contributed by atoms with van der Waals surface area (Å²) in [5.41, 5.74) is 0. The molecule has 0 amide bonds. The maximum atomic E-state index is 5.35. The molecule has 21 heavy (non-hydrogen) atoms. The molecule has 0 saturated carbocycles. The molecule has 0 aliphatic carbocycles. The van der Waals surface area contributed by atoms with Gasteiger partial charge in [-0.3, -0.25) is 4.90 Å². The summed E-state index contributed by atoms with van der Waals surface area (Å²) in [6, 6.07) is 6.21. The molecule has 2 aromatic rings. The van der Waals surface area contributed by atoms with Crippen LogP contribution < -0.4 is 4.90 Å². The van der Waals surface area contributed by atoms with Gasteiger partial charge in [0.1, 0.15) is 5.82 Å². The van der Waals surface area contributed by atoms with Gasteiger partial charge in [-0.25, -0.2) is 4.98 Å². The molecule has 1 atom stereocenters. The third kappa shape index (κ3) is 3.05. The van der Waals surface area contributed by atoms with Crippen LogP contribution in [0.25, 0.3) is 0 Å². The highest BCUT2D eigenvalue weighted by molar-refractivity contribution is 5.38. The molecule has 1 saturated heterocycles. The average molecular weight is 287 g/mol. The predicted molar refractivity (Wildman–Crippen MR) is 80.1 cm³/mol. The fourth-order valence-corrected chi connectivity index (χ4v) is 2.62. The summed E-state index contributed by atoms with van der Waals surface area (Å²) in [5, 5.41) is 3.98. The van der Waals surface area contributed by atoms with Crippen LogP contribution in [0.5, 0.6) is 0 Å². The Morgan fingerprint density at radius 1 is 1.24 bits per heavy atom. The van der Waals surface area contributed by atoms with Crippen molar-refractivity contribution < 1.29 is 4.52 Å². The number of pyridine rings is 1. The molecular formula is C15H21N5O. The van der Waals surface area contributed by atoms with Crippen molar-refractivity contribution in [1.29, 1.82) is 0 Å². The molecule has 112 valence electrons. The van der Waals surface area contributed by atoms with Gasteiger partial charge in [-0.2, -0.15) is 4.98 Å². The summed E-state index contributed by atoms with van der Waals surface area (Å²) >= 11 is 0. The van der Waals surface area contributed by atoms with E-state index in [0.717, 1.165) is 50.1 Å². The summed E-state index contributed by atoms with van der Waals surface area (Å²) in [6.07, 6.45) is 2.65. The first-order valence-corrected chi connectivity index (χ1v) is 7.50. The summed E-state index contributed by atoms with van der Waals surface area (Å²) < 4.78 is 5.35. The van der Waals surface area contributed by atoms with Crippen molar-refractivity contribution in [3.8, 4) is 0 Å². The minimum Gasteiger partial charge on any atom is -0.354 e. The van der Waals surface area contributed by atoms with E-state index < -0.39 is 0 Å². The number of rotatable bonds is 4. The zero-order valence-electron chi connectivity index (χ0n) is 12.6. The molecule has 1 aliphatic heterocycles. The molecule has 0 N–H and O–H groups in total. The number of hydrogen-bond acceptors (Lipinski definition) is 6. The molecule has 6 nitrogen and oxygen atoms in total. The van der Waals surface area contributed by atoms with E-state index in [9.17, 15) is 0 Å². The topological polar surface area (TPSA) is 58.3 Å². The Kier molecular flexibility index (Phi) is 4.15. The average Bonchev–Trinajstić information content (AvgIpc) is 3.04. The zero-order valence-corrected chi connectivity index (χ0v) is 12.6. The third-order valence-electron chi connectivity index (χ3n) is 3.99. The van der Waals surface area contributed by atoms with Gasteiger partial charge in [-0.15, -0.1) is 0 Å².